The summed E-state index contributed by atoms with van der Waals surface area (Å²) < 4.78 is 0. The zero-order valence-corrected chi connectivity index (χ0v) is 9.10. The van der Waals surface area contributed by atoms with Gasteiger partial charge in [-0.05, 0) is 6.42 Å². The molecule has 0 saturated carbocycles. The van der Waals surface area contributed by atoms with Gasteiger partial charge in [-0.1, -0.05) is 0 Å². The number of carbonyl (C=O) groups excluding carboxylic acids is 1. The first-order valence-electron chi connectivity index (χ1n) is 5.06. The van der Waals surface area contributed by atoms with Crippen LogP contribution in [0, 0.1) is 0 Å². The lowest BCUT2D eigenvalue weighted by Crippen LogP contribution is -2.23. The third-order valence-corrected chi connectivity index (χ3v) is 3.01. The van der Waals surface area contributed by atoms with Crippen LogP contribution in [0.1, 0.15) is 24.4 Å². The predicted molar refractivity (Wildman–Crippen MR) is 56.8 cm³/mol. The van der Waals surface area contributed by atoms with Crippen LogP contribution in [0.15, 0.2) is 4.79 Å². The van der Waals surface area contributed by atoms with E-state index < -0.39 is 29.0 Å². The average Bonchev–Trinajstić information content (AvgIpc) is 2.58. The Bertz CT molecular complexity index is 536. The normalized spacial score (nSPS) is 19.9. The van der Waals surface area contributed by atoms with Gasteiger partial charge in [0.25, 0.3) is 5.56 Å². The highest BCUT2D eigenvalue weighted by Crippen LogP contribution is 2.42. The highest BCUT2D eigenvalue weighted by atomic mass is 16.3. The molecule has 1 aliphatic rings. The number of aromatic hydroxyl groups is 3. The minimum Gasteiger partial charge on any atom is -0.504 e. The molecular formula is C10H12N2O5. The predicted octanol–water partition coefficient (Wildman–Crippen LogP) is -0.215. The first kappa shape index (κ1) is 11.3. The maximum absolute atomic E-state index is 11.4. The molecule has 1 saturated heterocycles. The lowest BCUT2D eigenvalue weighted by atomic mass is 10.0. The summed E-state index contributed by atoms with van der Waals surface area (Å²) in [4.78, 5) is 25.8. The van der Waals surface area contributed by atoms with Crippen LogP contribution in [0.2, 0.25) is 0 Å². The molecule has 2 rings (SSSR count). The van der Waals surface area contributed by atoms with Crippen LogP contribution >= 0.6 is 0 Å². The highest BCUT2D eigenvalue weighted by Gasteiger charge is 2.34. The number of likely N-dealkylation sites (tertiary alicyclic amines) is 1. The van der Waals surface area contributed by atoms with Gasteiger partial charge >= 0.3 is 0 Å². The van der Waals surface area contributed by atoms with Gasteiger partial charge in [0, 0.05) is 13.5 Å². The molecule has 17 heavy (non-hydrogen) atoms. The molecule has 0 bridgehead atoms. The number of hydrogen-bond donors (Lipinski definition) is 4. The molecule has 0 aliphatic carbocycles. The molecule has 2 heterocycles. The van der Waals surface area contributed by atoms with Crippen molar-refractivity contribution in [3.8, 4) is 17.4 Å². The molecule has 0 radical (unpaired) electrons. The summed E-state index contributed by atoms with van der Waals surface area (Å²) in [7, 11) is 1.53. The average molecular weight is 240 g/mol. The van der Waals surface area contributed by atoms with Crippen LogP contribution in [0.4, 0.5) is 0 Å². The molecule has 92 valence electrons. The molecule has 1 amide bonds. The number of rotatable bonds is 1. The Balaban J connectivity index is 2.57. The lowest BCUT2D eigenvalue weighted by Gasteiger charge is -2.21. The van der Waals surface area contributed by atoms with Gasteiger partial charge in [-0.25, -0.2) is 0 Å². The molecule has 1 atom stereocenters. The van der Waals surface area contributed by atoms with Crippen LogP contribution in [-0.4, -0.2) is 38.2 Å². The van der Waals surface area contributed by atoms with Crippen molar-refractivity contribution < 1.29 is 20.1 Å². The molecular weight excluding hydrogens is 228 g/mol. The van der Waals surface area contributed by atoms with E-state index in [1.807, 2.05) is 4.98 Å². The van der Waals surface area contributed by atoms with Gasteiger partial charge in [0.05, 0.1) is 11.6 Å². The standard InChI is InChI=1S/C10H12N2O5/c1-12-4(2-3-5(12)13)6-7(14)8(15)10(17)11-9(6)16/h4,15H,2-3H2,1H3,(H3,11,14,16,17). The number of amides is 1. The summed E-state index contributed by atoms with van der Waals surface area (Å²) >= 11 is 0. The fraction of sp³-hybridized carbons (Fsp3) is 0.400. The number of H-pyrrole nitrogens is 1. The van der Waals surface area contributed by atoms with E-state index in [1.165, 1.54) is 11.9 Å². The van der Waals surface area contributed by atoms with Gasteiger partial charge in [-0.15, -0.1) is 0 Å². The van der Waals surface area contributed by atoms with Gasteiger partial charge in [0.2, 0.25) is 17.5 Å². The van der Waals surface area contributed by atoms with Crippen LogP contribution in [0.3, 0.4) is 0 Å². The lowest BCUT2D eigenvalue weighted by molar-refractivity contribution is -0.127. The Morgan fingerprint density at radius 3 is 2.41 bits per heavy atom. The molecule has 0 aromatic carbocycles. The van der Waals surface area contributed by atoms with E-state index in [2.05, 4.69) is 0 Å². The summed E-state index contributed by atoms with van der Waals surface area (Å²) in [6.07, 6.45) is 0.696. The Morgan fingerprint density at radius 1 is 1.24 bits per heavy atom. The smallest absolute Gasteiger partial charge is 0.296 e. The minimum atomic E-state index is -0.976. The first-order chi connectivity index (χ1) is 7.93. The van der Waals surface area contributed by atoms with Crippen molar-refractivity contribution in [2.24, 2.45) is 0 Å². The second-order valence-corrected chi connectivity index (χ2v) is 3.97. The molecule has 7 heteroatoms. The number of carbonyl (C=O) groups is 1. The second-order valence-electron chi connectivity index (χ2n) is 3.97. The molecule has 4 N–H and O–H groups in total. The minimum absolute atomic E-state index is 0.0320. The monoisotopic (exact) mass is 240 g/mol. The summed E-state index contributed by atoms with van der Waals surface area (Å²) in [5.41, 5.74) is -1.01. The molecule has 1 aromatic rings. The van der Waals surface area contributed by atoms with Gasteiger partial charge in [-0.3, -0.25) is 14.6 Å². The molecule has 1 fully saturated rings. The van der Waals surface area contributed by atoms with Crippen LogP contribution in [0.5, 0.6) is 17.4 Å². The van der Waals surface area contributed by atoms with Crippen molar-refractivity contribution in [1.82, 2.24) is 9.88 Å². The third-order valence-electron chi connectivity index (χ3n) is 3.01. The van der Waals surface area contributed by atoms with E-state index in [0.29, 0.717) is 12.8 Å². The summed E-state index contributed by atoms with van der Waals surface area (Å²) in [5, 5.41) is 28.6. The zero-order chi connectivity index (χ0) is 12.7. The summed E-state index contributed by atoms with van der Waals surface area (Å²) in [5.74, 6) is -2.19. The number of nitrogens with one attached hydrogen (secondary N) is 1. The SMILES string of the molecule is CN1C(=O)CCC1c1c(O)[nH]c(=O)c(O)c1O. The van der Waals surface area contributed by atoms with Crippen LogP contribution < -0.4 is 5.56 Å². The number of pyridine rings is 1. The maximum Gasteiger partial charge on any atom is 0.296 e. The van der Waals surface area contributed by atoms with Crippen LogP contribution in [0.25, 0.3) is 0 Å². The van der Waals surface area contributed by atoms with E-state index in [4.69, 9.17) is 0 Å². The topological polar surface area (TPSA) is 114 Å². The number of nitrogens with zero attached hydrogens (tertiary/aromatic N) is 1. The zero-order valence-electron chi connectivity index (χ0n) is 9.10. The van der Waals surface area contributed by atoms with Crippen LogP contribution in [-0.2, 0) is 4.79 Å². The van der Waals surface area contributed by atoms with Crippen molar-refractivity contribution in [2.45, 2.75) is 18.9 Å². The third kappa shape index (κ3) is 1.59. The van der Waals surface area contributed by atoms with E-state index >= 15 is 0 Å². The second kappa shape index (κ2) is 3.69. The summed E-state index contributed by atoms with van der Waals surface area (Å²) in [6.45, 7) is 0. The van der Waals surface area contributed by atoms with Gasteiger partial charge in [0.1, 0.15) is 0 Å². The molecule has 1 aromatic heterocycles. The van der Waals surface area contributed by atoms with Crippen molar-refractivity contribution in [1.29, 1.82) is 0 Å². The Labute approximate surface area is 95.9 Å². The van der Waals surface area contributed by atoms with E-state index in [1.54, 1.807) is 0 Å². The molecule has 0 spiro atoms. The largest absolute Gasteiger partial charge is 0.504 e. The Hall–Kier alpha value is -2.18. The fourth-order valence-electron chi connectivity index (χ4n) is 2.04. The van der Waals surface area contributed by atoms with E-state index in [-0.39, 0.29) is 11.5 Å². The number of aromatic nitrogens is 1. The van der Waals surface area contributed by atoms with E-state index in [0.717, 1.165) is 0 Å². The quantitative estimate of drug-likeness (QED) is 0.542. The Morgan fingerprint density at radius 2 is 1.88 bits per heavy atom. The molecule has 1 aliphatic heterocycles. The first-order valence-corrected chi connectivity index (χ1v) is 5.06. The number of hydrogen-bond acceptors (Lipinski definition) is 5. The maximum atomic E-state index is 11.4. The van der Waals surface area contributed by atoms with Gasteiger partial charge in [-0.2, -0.15) is 0 Å². The molecule has 7 nitrogen and oxygen atoms in total. The summed E-state index contributed by atoms with van der Waals surface area (Å²) in [6, 6.07) is -0.551. The van der Waals surface area contributed by atoms with Crippen molar-refractivity contribution in [2.75, 3.05) is 7.05 Å². The van der Waals surface area contributed by atoms with Crippen molar-refractivity contribution >= 4 is 5.91 Å². The van der Waals surface area contributed by atoms with Crippen molar-refractivity contribution in [3.63, 3.8) is 0 Å². The van der Waals surface area contributed by atoms with Gasteiger partial charge < -0.3 is 20.2 Å². The highest BCUT2D eigenvalue weighted by molar-refractivity contribution is 5.79. The Kier molecular flexibility index (Phi) is 2.45. The fourth-order valence-corrected chi connectivity index (χ4v) is 2.04. The molecule has 1 unspecified atom stereocenters. The number of aromatic amines is 1. The van der Waals surface area contributed by atoms with Crippen molar-refractivity contribution in [3.05, 3.63) is 15.9 Å². The van der Waals surface area contributed by atoms with E-state index in [9.17, 15) is 24.9 Å². The van der Waals surface area contributed by atoms with Gasteiger partial charge in [0.15, 0.2) is 5.75 Å².